The number of nitriles is 1. The topological polar surface area (TPSA) is 94.2 Å². The third-order valence-corrected chi connectivity index (χ3v) is 1.83. The van der Waals surface area contributed by atoms with Crippen LogP contribution in [0.2, 0.25) is 0 Å². The number of aliphatic carboxylic acids is 1. The molecule has 16 heavy (non-hydrogen) atoms. The Morgan fingerprint density at radius 1 is 1.62 bits per heavy atom. The maximum atomic E-state index is 12.5. The number of pyridine rings is 1. The number of hydrogen-bond acceptors (Lipinski definition) is 4. The number of aromatic hydroxyl groups is 1. The van der Waals surface area contributed by atoms with Gasteiger partial charge in [0.05, 0.1) is 23.2 Å². The zero-order valence-electron chi connectivity index (χ0n) is 7.81. The molecule has 1 aromatic rings. The van der Waals surface area contributed by atoms with E-state index in [4.69, 9.17) is 10.4 Å². The van der Waals surface area contributed by atoms with Crippen molar-refractivity contribution in [3.63, 3.8) is 0 Å². The summed E-state index contributed by atoms with van der Waals surface area (Å²) in [5.74, 6) is -2.25. The number of carboxylic acid groups (broad SMARTS) is 1. The molecule has 0 saturated heterocycles. The third kappa shape index (κ3) is 2.23. The maximum absolute atomic E-state index is 12.5. The van der Waals surface area contributed by atoms with Crippen molar-refractivity contribution >= 4 is 5.97 Å². The van der Waals surface area contributed by atoms with Crippen molar-refractivity contribution in [1.82, 2.24) is 4.98 Å². The van der Waals surface area contributed by atoms with E-state index >= 15 is 0 Å². The molecule has 0 amide bonds. The van der Waals surface area contributed by atoms with Crippen LogP contribution in [-0.2, 0) is 11.2 Å². The first kappa shape index (κ1) is 11.8. The predicted octanol–water partition coefficient (Wildman–Crippen LogP) is 1.22. The van der Waals surface area contributed by atoms with Gasteiger partial charge in [-0.25, -0.2) is 8.78 Å². The van der Waals surface area contributed by atoms with Crippen molar-refractivity contribution in [3.8, 4) is 11.8 Å². The zero-order chi connectivity index (χ0) is 12.3. The van der Waals surface area contributed by atoms with Crippen molar-refractivity contribution in [3.05, 3.63) is 23.0 Å². The Bertz CT molecular complexity index is 469. The van der Waals surface area contributed by atoms with Crippen molar-refractivity contribution in [1.29, 1.82) is 5.26 Å². The molecule has 0 aliphatic carbocycles. The Morgan fingerprint density at radius 3 is 2.69 bits per heavy atom. The molecule has 5 nitrogen and oxygen atoms in total. The van der Waals surface area contributed by atoms with Gasteiger partial charge >= 0.3 is 5.97 Å². The van der Waals surface area contributed by atoms with E-state index in [0.29, 0.717) is 0 Å². The largest absolute Gasteiger partial charge is 0.505 e. The van der Waals surface area contributed by atoms with Gasteiger partial charge in [0.15, 0.2) is 0 Å². The molecule has 1 aromatic heterocycles. The number of halogens is 2. The first-order valence-corrected chi connectivity index (χ1v) is 4.08. The number of rotatable bonds is 3. The second-order valence-corrected chi connectivity index (χ2v) is 2.86. The van der Waals surface area contributed by atoms with Gasteiger partial charge in [-0.05, 0) is 0 Å². The molecule has 2 N–H and O–H groups in total. The third-order valence-electron chi connectivity index (χ3n) is 1.83. The fourth-order valence-corrected chi connectivity index (χ4v) is 1.14. The summed E-state index contributed by atoms with van der Waals surface area (Å²) >= 11 is 0. The predicted molar refractivity (Wildman–Crippen MR) is 46.9 cm³/mol. The molecule has 7 heteroatoms. The minimum absolute atomic E-state index is 0.387. The van der Waals surface area contributed by atoms with Gasteiger partial charge in [-0.1, -0.05) is 0 Å². The zero-order valence-corrected chi connectivity index (χ0v) is 7.81. The second-order valence-electron chi connectivity index (χ2n) is 2.86. The summed E-state index contributed by atoms with van der Waals surface area (Å²) < 4.78 is 25.0. The average molecular weight is 228 g/mol. The van der Waals surface area contributed by atoms with E-state index in [0.717, 1.165) is 6.20 Å². The van der Waals surface area contributed by atoms with Gasteiger partial charge in [0, 0.05) is 6.20 Å². The molecular formula is C9H6F2N2O3. The molecule has 0 aliphatic heterocycles. The lowest BCUT2D eigenvalue weighted by Gasteiger charge is -2.08. The SMILES string of the molecule is N#Cc1cnc(CC(=O)O)c(O)c1C(F)F. The van der Waals surface area contributed by atoms with E-state index in [2.05, 4.69) is 4.98 Å². The van der Waals surface area contributed by atoms with Crippen LogP contribution in [-0.4, -0.2) is 21.2 Å². The molecule has 0 saturated carbocycles. The fourth-order valence-electron chi connectivity index (χ4n) is 1.14. The highest BCUT2D eigenvalue weighted by Gasteiger charge is 2.22. The second kappa shape index (κ2) is 4.53. The Balaban J connectivity index is 3.33. The van der Waals surface area contributed by atoms with Gasteiger partial charge in [0.2, 0.25) is 0 Å². The van der Waals surface area contributed by atoms with Crippen LogP contribution in [0.5, 0.6) is 5.75 Å². The van der Waals surface area contributed by atoms with E-state index in [-0.39, 0.29) is 5.69 Å². The fraction of sp³-hybridized carbons (Fsp3) is 0.222. The summed E-state index contributed by atoms with van der Waals surface area (Å²) in [5, 5.41) is 26.3. The van der Waals surface area contributed by atoms with E-state index in [9.17, 15) is 18.7 Å². The Hall–Kier alpha value is -2.23. The van der Waals surface area contributed by atoms with Gasteiger partial charge < -0.3 is 10.2 Å². The molecule has 84 valence electrons. The molecule has 1 heterocycles. The molecule has 1 rings (SSSR count). The first-order valence-electron chi connectivity index (χ1n) is 4.08. The Labute approximate surface area is 88.6 Å². The Kier molecular flexibility index (Phi) is 3.35. The highest BCUT2D eigenvalue weighted by Crippen LogP contribution is 2.32. The van der Waals surface area contributed by atoms with Crippen LogP contribution in [0.25, 0.3) is 0 Å². The normalized spacial score (nSPS) is 10.1. The van der Waals surface area contributed by atoms with Crippen LogP contribution >= 0.6 is 0 Å². The van der Waals surface area contributed by atoms with E-state index < -0.39 is 35.7 Å². The van der Waals surface area contributed by atoms with Gasteiger partial charge in [0.25, 0.3) is 6.43 Å². The highest BCUT2D eigenvalue weighted by atomic mass is 19.3. The summed E-state index contributed by atoms with van der Waals surface area (Å²) in [6.45, 7) is 0. The number of carboxylic acids is 1. The molecule has 0 aliphatic rings. The smallest absolute Gasteiger partial charge is 0.309 e. The monoisotopic (exact) mass is 228 g/mol. The molecule has 0 spiro atoms. The standard InChI is InChI=1S/C9H6F2N2O3/c10-9(11)7-4(2-12)3-13-5(8(7)16)1-6(14)15/h3,9,16H,1H2,(H,14,15). The quantitative estimate of drug-likeness (QED) is 0.811. The van der Waals surface area contributed by atoms with Gasteiger partial charge in [-0.15, -0.1) is 0 Å². The van der Waals surface area contributed by atoms with E-state index in [1.165, 1.54) is 6.07 Å². The van der Waals surface area contributed by atoms with Gasteiger partial charge in [-0.3, -0.25) is 9.78 Å². The maximum Gasteiger partial charge on any atom is 0.309 e. The first-order chi connectivity index (χ1) is 7.47. The lowest BCUT2D eigenvalue weighted by atomic mass is 10.1. The van der Waals surface area contributed by atoms with E-state index in [1.807, 2.05) is 0 Å². The lowest BCUT2D eigenvalue weighted by Crippen LogP contribution is -2.05. The number of nitrogens with zero attached hydrogens (tertiary/aromatic N) is 2. The molecular weight excluding hydrogens is 222 g/mol. The molecule has 0 aromatic carbocycles. The summed E-state index contributed by atoms with van der Waals surface area (Å²) in [4.78, 5) is 13.8. The van der Waals surface area contributed by atoms with Gasteiger partial charge in [-0.2, -0.15) is 5.26 Å². The van der Waals surface area contributed by atoms with Crippen molar-refractivity contribution < 1.29 is 23.8 Å². The van der Waals surface area contributed by atoms with Crippen LogP contribution in [0, 0.1) is 11.3 Å². The number of hydrogen-bond donors (Lipinski definition) is 2. The lowest BCUT2D eigenvalue weighted by molar-refractivity contribution is -0.136. The summed E-state index contributed by atoms with van der Waals surface area (Å²) in [7, 11) is 0. The number of aromatic nitrogens is 1. The number of alkyl halides is 2. The van der Waals surface area contributed by atoms with Crippen LogP contribution in [0.3, 0.4) is 0 Å². The molecule has 0 bridgehead atoms. The van der Waals surface area contributed by atoms with Gasteiger partial charge in [0.1, 0.15) is 11.8 Å². The van der Waals surface area contributed by atoms with E-state index in [1.54, 1.807) is 0 Å². The van der Waals surface area contributed by atoms with Crippen molar-refractivity contribution in [2.75, 3.05) is 0 Å². The minimum Gasteiger partial charge on any atom is -0.505 e. The van der Waals surface area contributed by atoms with Crippen LogP contribution in [0.4, 0.5) is 8.78 Å². The molecule has 0 fully saturated rings. The summed E-state index contributed by atoms with van der Waals surface area (Å²) in [6.07, 6.45) is -2.93. The van der Waals surface area contributed by atoms with Crippen LogP contribution in [0.15, 0.2) is 6.20 Å². The van der Waals surface area contributed by atoms with Crippen LogP contribution < -0.4 is 0 Å². The highest BCUT2D eigenvalue weighted by molar-refractivity contribution is 5.71. The van der Waals surface area contributed by atoms with Crippen molar-refractivity contribution in [2.24, 2.45) is 0 Å². The summed E-state index contributed by atoms with van der Waals surface area (Å²) in [5.41, 5.74) is -1.74. The average Bonchev–Trinajstić information content (AvgIpc) is 2.19. The van der Waals surface area contributed by atoms with Crippen molar-refractivity contribution in [2.45, 2.75) is 12.8 Å². The molecule has 0 unspecified atom stereocenters. The minimum atomic E-state index is -3.06. The number of carbonyl (C=O) groups is 1. The van der Waals surface area contributed by atoms with Crippen LogP contribution in [0.1, 0.15) is 23.2 Å². The molecule has 0 radical (unpaired) electrons. The summed E-state index contributed by atoms with van der Waals surface area (Å²) in [6, 6.07) is 1.45. The Morgan fingerprint density at radius 2 is 2.25 bits per heavy atom. The molecule has 0 atom stereocenters.